The van der Waals surface area contributed by atoms with E-state index in [2.05, 4.69) is 34.6 Å². The number of aliphatic hydroxyl groups is 1. The van der Waals surface area contributed by atoms with E-state index in [9.17, 15) is 9.50 Å². The van der Waals surface area contributed by atoms with Gasteiger partial charge in [-0.05, 0) is 57.4 Å². The second-order valence-corrected chi connectivity index (χ2v) is 6.81. The second-order valence-electron chi connectivity index (χ2n) is 6.81. The van der Waals surface area contributed by atoms with Gasteiger partial charge in [0.15, 0.2) is 5.96 Å². The highest BCUT2D eigenvalue weighted by Gasteiger charge is 2.14. The Morgan fingerprint density at radius 1 is 1.29 bits per heavy atom. The molecule has 0 amide bonds. The second kappa shape index (κ2) is 11.4. The van der Waals surface area contributed by atoms with Crippen molar-refractivity contribution in [1.29, 1.82) is 0 Å². The Labute approximate surface area is 183 Å². The van der Waals surface area contributed by atoms with Crippen LogP contribution in [0.2, 0.25) is 0 Å². The number of halogens is 2. The molecule has 0 fully saturated rings. The van der Waals surface area contributed by atoms with Crippen molar-refractivity contribution < 1.29 is 9.50 Å². The molecule has 0 aliphatic rings. The molecule has 1 aromatic carbocycles. The van der Waals surface area contributed by atoms with E-state index in [0.29, 0.717) is 11.5 Å². The van der Waals surface area contributed by atoms with Crippen LogP contribution in [0, 0.1) is 19.7 Å². The largest absolute Gasteiger partial charge is 0.386 e. The Balaban J connectivity index is 0.00000392. The van der Waals surface area contributed by atoms with Gasteiger partial charge in [0, 0.05) is 25.3 Å². The van der Waals surface area contributed by atoms with Crippen molar-refractivity contribution in [3.8, 4) is 0 Å². The molecular formula is C20H31FIN5O. The molecule has 2 rings (SSSR count). The van der Waals surface area contributed by atoms with E-state index < -0.39 is 6.10 Å². The molecule has 2 unspecified atom stereocenters. The van der Waals surface area contributed by atoms with E-state index in [-0.39, 0.29) is 42.4 Å². The van der Waals surface area contributed by atoms with Gasteiger partial charge in [-0.2, -0.15) is 5.10 Å². The number of aromatic nitrogens is 2. The molecule has 2 aromatic rings. The van der Waals surface area contributed by atoms with Crippen LogP contribution in [-0.4, -0.2) is 40.0 Å². The van der Waals surface area contributed by atoms with Crippen molar-refractivity contribution in [1.82, 2.24) is 20.4 Å². The normalized spacial score (nSPS) is 13.6. The maximum Gasteiger partial charge on any atom is 0.191 e. The van der Waals surface area contributed by atoms with Crippen LogP contribution < -0.4 is 10.6 Å². The maximum absolute atomic E-state index is 13.0. The van der Waals surface area contributed by atoms with Gasteiger partial charge in [0.05, 0.1) is 18.3 Å². The van der Waals surface area contributed by atoms with Crippen LogP contribution in [0.4, 0.5) is 4.39 Å². The lowest BCUT2D eigenvalue weighted by Gasteiger charge is -2.19. The highest BCUT2D eigenvalue weighted by Crippen LogP contribution is 2.15. The molecule has 0 radical (unpaired) electrons. The van der Waals surface area contributed by atoms with Crippen LogP contribution in [0.3, 0.4) is 0 Å². The summed E-state index contributed by atoms with van der Waals surface area (Å²) in [5.41, 5.74) is 4.08. The highest BCUT2D eigenvalue weighted by molar-refractivity contribution is 14.0. The van der Waals surface area contributed by atoms with E-state index in [1.165, 1.54) is 17.7 Å². The number of rotatable bonds is 7. The number of nitrogens with zero attached hydrogens (tertiary/aromatic N) is 3. The van der Waals surface area contributed by atoms with E-state index in [1.807, 2.05) is 25.6 Å². The zero-order valence-corrected chi connectivity index (χ0v) is 19.5. The van der Waals surface area contributed by atoms with Gasteiger partial charge in [-0.25, -0.2) is 4.39 Å². The Hall–Kier alpha value is -1.68. The lowest BCUT2D eigenvalue weighted by molar-refractivity contribution is 0.187. The minimum Gasteiger partial charge on any atom is -0.386 e. The van der Waals surface area contributed by atoms with Crippen molar-refractivity contribution in [2.45, 2.75) is 46.3 Å². The predicted molar refractivity (Wildman–Crippen MR) is 122 cm³/mol. The minimum atomic E-state index is -0.779. The van der Waals surface area contributed by atoms with Crippen LogP contribution in [0.5, 0.6) is 0 Å². The molecular weight excluding hydrogens is 472 g/mol. The number of aryl methyl sites for hydroxylation is 2. The lowest BCUT2D eigenvalue weighted by atomic mass is 10.1. The van der Waals surface area contributed by atoms with Gasteiger partial charge >= 0.3 is 0 Å². The molecule has 8 heteroatoms. The summed E-state index contributed by atoms with van der Waals surface area (Å²) in [6.07, 6.45) is 0.0513. The van der Waals surface area contributed by atoms with Crippen LogP contribution in [-0.2, 0) is 13.5 Å². The van der Waals surface area contributed by atoms with E-state index in [0.717, 1.165) is 24.4 Å². The summed E-state index contributed by atoms with van der Waals surface area (Å²) in [6, 6.07) is 5.98. The Kier molecular flexibility index (Phi) is 9.88. The van der Waals surface area contributed by atoms with Crippen LogP contribution in [0.1, 0.15) is 42.5 Å². The van der Waals surface area contributed by atoms with Gasteiger partial charge in [0.2, 0.25) is 0 Å². The molecule has 6 nitrogen and oxygen atoms in total. The van der Waals surface area contributed by atoms with E-state index in [1.54, 1.807) is 12.1 Å². The first-order valence-electron chi connectivity index (χ1n) is 9.29. The van der Waals surface area contributed by atoms with Gasteiger partial charge in [0.1, 0.15) is 5.82 Å². The monoisotopic (exact) mass is 503 g/mol. The Bertz CT molecular complexity index is 776. The van der Waals surface area contributed by atoms with E-state index in [4.69, 9.17) is 0 Å². The number of benzene rings is 1. The van der Waals surface area contributed by atoms with Crippen LogP contribution in [0.15, 0.2) is 29.3 Å². The number of hydrogen-bond donors (Lipinski definition) is 3. The third kappa shape index (κ3) is 6.73. The number of hydrogen-bond acceptors (Lipinski definition) is 3. The van der Waals surface area contributed by atoms with Gasteiger partial charge < -0.3 is 15.7 Å². The fourth-order valence-electron chi connectivity index (χ4n) is 2.99. The lowest BCUT2D eigenvalue weighted by Crippen LogP contribution is -2.43. The van der Waals surface area contributed by atoms with Crippen LogP contribution >= 0.6 is 24.0 Å². The minimum absolute atomic E-state index is 0. The SMILES string of the molecule is CCNC(=NCC(O)c1ccc(F)cc1)NC(C)Cc1c(C)nn(C)c1C.I. The number of nitrogens with one attached hydrogen (secondary N) is 2. The molecule has 3 N–H and O–H groups in total. The van der Waals surface area contributed by atoms with Crippen molar-refractivity contribution >= 4 is 29.9 Å². The molecule has 1 aromatic heterocycles. The Morgan fingerprint density at radius 2 is 1.93 bits per heavy atom. The summed E-state index contributed by atoms with van der Waals surface area (Å²) in [5, 5.41) is 21.3. The third-order valence-corrected chi connectivity index (χ3v) is 4.57. The topological polar surface area (TPSA) is 74.5 Å². The molecule has 1 heterocycles. The fourth-order valence-corrected chi connectivity index (χ4v) is 2.99. The quantitative estimate of drug-likeness (QED) is 0.309. The number of aliphatic hydroxyl groups excluding tert-OH is 1. The molecule has 0 spiro atoms. The Morgan fingerprint density at radius 3 is 2.46 bits per heavy atom. The van der Waals surface area contributed by atoms with Crippen LogP contribution in [0.25, 0.3) is 0 Å². The van der Waals surface area contributed by atoms with Crippen molar-refractivity contribution in [3.05, 3.63) is 52.6 Å². The number of guanidine groups is 1. The molecule has 2 atom stereocenters. The standard InChI is InChI=1S/C20H30FN5O.HI/c1-6-22-20(23-12-19(27)16-7-9-17(21)10-8-16)24-13(2)11-18-14(3)25-26(5)15(18)4;/h7-10,13,19,27H,6,11-12H2,1-5H3,(H2,22,23,24);1H. The van der Waals surface area contributed by atoms with Crippen molar-refractivity contribution in [2.24, 2.45) is 12.0 Å². The zero-order valence-electron chi connectivity index (χ0n) is 17.2. The third-order valence-electron chi connectivity index (χ3n) is 4.57. The predicted octanol–water partition coefficient (Wildman–Crippen LogP) is 3.01. The first kappa shape index (κ1) is 24.4. The summed E-state index contributed by atoms with van der Waals surface area (Å²) in [5.74, 6) is 0.324. The first-order chi connectivity index (χ1) is 12.8. The van der Waals surface area contributed by atoms with Crippen molar-refractivity contribution in [3.63, 3.8) is 0 Å². The highest BCUT2D eigenvalue weighted by atomic mass is 127. The average Bonchev–Trinajstić information content (AvgIpc) is 2.86. The molecule has 0 saturated heterocycles. The summed E-state index contributed by atoms with van der Waals surface area (Å²) in [4.78, 5) is 4.47. The molecule has 156 valence electrons. The summed E-state index contributed by atoms with van der Waals surface area (Å²) in [6.45, 7) is 9.09. The van der Waals surface area contributed by atoms with Gasteiger partial charge in [-0.15, -0.1) is 24.0 Å². The van der Waals surface area contributed by atoms with E-state index >= 15 is 0 Å². The molecule has 0 bridgehead atoms. The van der Waals surface area contributed by atoms with Gasteiger partial charge in [-0.1, -0.05) is 12.1 Å². The molecule has 0 aliphatic heterocycles. The van der Waals surface area contributed by atoms with Crippen molar-refractivity contribution in [2.75, 3.05) is 13.1 Å². The zero-order chi connectivity index (χ0) is 20.0. The smallest absolute Gasteiger partial charge is 0.191 e. The number of aliphatic imine (C=N–C) groups is 1. The van der Waals surface area contributed by atoms with Gasteiger partial charge in [0.25, 0.3) is 0 Å². The summed E-state index contributed by atoms with van der Waals surface area (Å²) in [7, 11) is 1.95. The summed E-state index contributed by atoms with van der Waals surface area (Å²) >= 11 is 0. The maximum atomic E-state index is 13.0. The van der Waals surface area contributed by atoms with Gasteiger partial charge in [-0.3, -0.25) is 9.67 Å². The molecule has 0 aliphatic carbocycles. The summed E-state index contributed by atoms with van der Waals surface area (Å²) < 4.78 is 14.9. The fraction of sp³-hybridized carbons (Fsp3) is 0.500. The first-order valence-corrected chi connectivity index (χ1v) is 9.29. The molecule has 28 heavy (non-hydrogen) atoms. The average molecular weight is 503 g/mol. The molecule has 0 saturated carbocycles.